The van der Waals surface area contributed by atoms with Crippen molar-refractivity contribution in [2.75, 3.05) is 45.1 Å². The van der Waals surface area contributed by atoms with Gasteiger partial charge in [-0.3, -0.25) is 14.5 Å². The number of hydrogen-bond donors (Lipinski definition) is 3. The van der Waals surface area contributed by atoms with Crippen LogP contribution in [0.2, 0.25) is 0 Å². The van der Waals surface area contributed by atoms with Crippen LogP contribution >= 0.6 is 0 Å². The number of amides is 2. The molecule has 114 valence electrons. The van der Waals surface area contributed by atoms with E-state index in [-0.39, 0.29) is 11.8 Å². The second-order valence-electron chi connectivity index (χ2n) is 5.09. The molecule has 2 rings (SSSR count). The van der Waals surface area contributed by atoms with E-state index >= 15 is 0 Å². The van der Waals surface area contributed by atoms with Crippen molar-refractivity contribution in [2.45, 2.75) is 6.42 Å². The average Bonchev–Trinajstić information content (AvgIpc) is 2.75. The van der Waals surface area contributed by atoms with Gasteiger partial charge in [0.05, 0.1) is 6.54 Å². The zero-order valence-corrected chi connectivity index (χ0v) is 12.3. The summed E-state index contributed by atoms with van der Waals surface area (Å²) in [6.45, 7) is 4.11. The summed E-state index contributed by atoms with van der Waals surface area (Å²) in [4.78, 5) is 25.8. The van der Waals surface area contributed by atoms with E-state index in [1.807, 2.05) is 0 Å². The number of nitrogens with zero attached hydrogens (tertiary/aromatic N) is 1. The molecule has 1 aliphatic heterocycles. The maximum absolute atomic E-state index is 12.1. The van der Waals surface area contributed by atoms with E-state index in [0.29, 0.717) is 17.8 Å². The normalized spacial score (nSPS) is 16.0. The highest BCUT2D eigenvalue weighted by Gasteiger charge is 2.13. The van der Waals surface area contributed by atoms with Crippen LogP contribution in [0.4, 0.5) is 5.69 Å². The Labute approximate surface area is 124 Å². The topological polar surface area (TPSA) is 73.5 Å². The molecule has 0 aromatic heterocycles. The van der Waals surface area contributed by atoms with Crippen molar-refractivity contribution in [3.05, 3.63) is 29.8 Å². The molecular formula is C15H22N4O2. The van der Waals surface area contributed by atoms with Crippen LogP contribution in [0.5, 0.6) is 0 Å². The number of nitrogens with one attached hydrogen (secondary N) is 3. The van der Waals surface area contributed by atoms with Gasteiger partial charge in [0.25, 0.3) is 5.91 Å². The molecule has 1 aromatic rings. The lowest BCUT2D eigenvalue weighted by Gasteiger charge is -2.18. The van der Waals surface area contributed by atoms with Crippen molar-refractivity contribution < 1.29 is 9.59 Å². The molecular weight excluding hydrogens is 268 g/mol. The maximum Gasteiger partial charge on any atom is 0.251 e. The third-order valence-electron chi connectivity index (χ3n) is 3.44. The van der Waals surface area contributed by atoms with E-state index in [2.05, 4.69) is 20.9 Å². The van der Waals surface area contributed by atoms with Crippen LogP contribution in [0, 0.1) is 0 Å². The minimum Gasteiger partial charge on any atom is -0.355 e. The van der Waals surface area contributed by atoms with Crippen LogP contribution in [0.3, 0.4) is 0 Å². The Balaban J connectivity index is 1.91. The van der Waals surface area contributed by atoms with E-state index in [4.69, 9.17) is 0 Å². The standard InChI is InChI=1S/C15H22N4O2/c1-16-15(21)12-4-2-5-13(10-12)18-14(20)11-19-8-3-6-17-7-9-19/h2,4-5,10,17H,3,6-9,11H2,1H3,(H,16,21)(H,18,20). The lowest BCUT2D eigenvalue weighted by molar-refractivity contribution is -0.117. The fourth-order valence-corrected chi connectivity index (χ4v) is 2.35. The summed E-state index contributed by atoms with van der Waals surface area (Å²) in [5, 5.41) is 8.72. The molecule has 21 heavy (non-hydrogen) atoms. The molecule has 1 fully saturated rings. The molecule has 6 heteroatoms. The monoisotopic (exact) mass is 290 g/mol. The Morgan fingerprint density at radius 2 is 2.14 bits per heavy atom. The van der Waals surface area contributed by atoms with E-state index in [1.165, 1.54) is 0 Å². The summed E-state index contributed by atoms with van der Waals surface area (Å²) in [6.07, 6.45) is 1.05. The first-order chi connectivity index (χ1) is 10.2. The summed E-state index contributed by atoms with van der Waals surface area (Å²) in [5.74, 6) is -0.212. The zero-order valence-electron chi connectivity index (χ0n) is 12.3. The van der Waals surface area contributed by atoms with E-state index in [9.17, 15) is 9.59 Å². The van der Waals surface area contributed by atoms with Crippen molar-refractivity contribution in [1.82, 2.24) is 15.5 Å². The third-order valence-corrected chi connectivity index (χ3v) is 3.44. The largest absolute Gasteiger partial charge is 0.355 e. The Morgan fingerprint density at radius 1 is 1.29 bits per heavy atom. The van der Waals surface area contributed by atoms with Crippen molar-refractivity contribution in [3.63, 3.8) is 0 Å². The number of carbonyl (C=O) groups is 2. The molecule has 1 aliphatic rings. The number of anilines is 1. The van der Waals surface area contributed by atoms with Crippen LogP contribution in [-0.2, 0) is 4.79 Å². The average molecular weight is 290 g/mol. The van der Waals surface area contributed by atoms with Crippen LogP contribution in [0.15, 0.2) is 24.3 Å². The molecule has 0 bridgehead atoms. The molecule has 0 aliphatic carbocycles. The Morgan fingerprint density at radius 3 is 2.95 bits per heavy atom. The summed E-state index contributed by atoms with van der Waals surface area (Å²) < 4.78 is 0. The summed E-state index contributed by atoms with van der Waals surface area (Å²) in [6, 6.07) is 6.94. The van der Waals surface area contributed by atoms with Gasteiger partial charge in [-0.2, -0.15) is 0 Å². The lowest BCUT2D eigenvalue weighted by atomic mass is 10.2. The van der Waals surface area contributed by atoms with Crippen LogP contribution in [-0.4, -0.2) is 56.5 Å². The molecule has 0 saturated carbocycles. The van der Waals surface area contributed by atoms with Crippen LogP contribution < -0.4 is 16.0 Å². The van der Waals surface area contributed by atoms with Gasteiger partial charge < -0.3 is 16.0 Å². The van der Waals surface area contributed by atoms with Crippen molar-refractivity contribution in [3.8, 4) is 0 Å². The SMILES string of the molecule is CNC(=O)c1cccc(NC(=O)CN2CCCNCC2)c1. The highest BCUT2D eigenvalue weighted by atomic mass is 16.2. The number of hydrogen-bond acceptors (Lipinski definition) is 4. The van der Waals surface area contributed by atoms with Gasteiger partial charge in [0.2, 0.25) is 5.91 Å². The Kier molecular flexibility index (Phi) is 5.71. The van der Waals surface area contributed by atoms with Gasteiger partial charge in [0.15, 0.2) is 0 Å². The molecule has 0 radical (unpaired) electrons. The number of benzene rings is 1. The molecule has 0 spiro atoms. The van der Waals surface area contributed by atoms with Gasteiger partial charge in [-0.05, 0) is 37.7 Å². The molecule has 2 amide bonds. The zero-order chi connectivity index (χ0) is 15.1. The molecule has 1 saturated heterocycles. The molecule has 6 nitrogen and oxygen atoms in total. The van der Waals surface area contributed by atoms with Gasteiger partial charge in [-0.25, -0.2) is 0 Å². The van der Waals surface area contributed by atoms with Crippen molar-refractivity contribution in [2.24, 2.45) is 0 Å². The second kappa shape index (κ2) is 7.75. The fraction of sp³-hybridized carbons (Fsp3) is 0.467. The molecule has 1 heterocycles. The second-order valence-corrected chi connectivity index (χ2v) is 5.09. The lowest BCUT2D eigenvalue weighted by Crippen LogP contribution is -2.35. The van der Waals surface area contributed by atoms with Gasteiger partial charge in [-0.15, -0.1) is 0 Å². The first-order valence-corrected chi connectivity index (χ1v) is 7.24. The molecule has 3 N–H and O–H groups in total. The van der Waals surface area contributed by atoms with Crippen molar-refractivity contribution >= 4 is 17.5 Å². The van der Waals surface area contributed by atoms with Crippen molar-refractivity contribution in [1.29, 1.82) is 0 Å². The first-order valence-electron chi connectivity index (χ1n) is 7.24. The number of carbonyl (C=O) groups excluding carboxylic acids is 2. The quantitative estimate of drug-likeness (QED) is 0.745. The predicted octanol–water partition coefficient (Wildman–Crippen LogP) is 0.280. The Bertz CT molecular complexity index is 496. The number of rotatable bonds is 4. The fourth-order valence-electron chi connectivity index (χ4n) is 2.35. The van der Waals surface area contributed by atoms with E-state index < -0.39 is 0 Å². The summed E-state index contributed by atoms with van der Waals surface area (Å²) in [5.41, 5.74) is 1.18. The van der Waals surface area contributed by atoms with E-state index in [1.54, 1.807) is 31.3 Å². The minimum absolute atomic E-state index is 0.0500. The predicted molar refractivity (Wildman–Crippen MR) is 82.4 cm³/mol. The molecule has 1 aromatic carbocycles. The molecule has 0 unspecified atom stereocenters. The van der Waals surface area contributed by atoms with Gasteiger partial charge in [0.1, 0.15) is 0 Å². The van der Waals surface area contributed by atoms with Gasteiger partial charge >= 0.3 is 0 Å². The van der Waals surface area contributed by atoms with Gasteiger partial charge in [0, 0.05) is 31.4 Å². The highest BCUT2D eigenvalue weighted by Crippen LogP contribution is 2.10. The summed E-state index contributed by atoms with van der Waals surface area (Å²) in [7, 11) is 1.58. The first kappa shape index (κ1) is 15.5. The maximum atomic E-state index is 12.1. The third kappa shape index (κ3) is 4.84. The Hall–Kier alpha value is -1.92. The minimum atomic E-state index is -0.162. The van der Waals surface area contributed by atoms with Crippen LogP contribution in [0.25, 0.3) is 0 Å². The smallest absolute Gasteiger partial charge is 0.251 e. The van der Waals surface area contributed by atoms with E-state index in [0.717, 1.165) is 32.6 Å². The van der Waals surface area contributed by atoms with Gasteiger partial charge in [-0.1, -0.05) is 6.07 Å². The summed E-state index contributed by atoms with van der Waals surface area (Å²) >= 11 is 0. The van der Waals surface area contributed by atoms with Crippen LogP contribution in [0.1, 0.15) is 16.8 Å². The highest BCUT2D eigenvalue weighted by molar-refractivity contribution is 5.97. The molecule has 0 atom stereocenters.